The fraction of sp³-hybridized carbons (Fsp3) is 0.778. The summed E-state index contributed by atoms with van der Waals surface area (Å²) in [6.07, 6.45) is 0.651. The Morgan fingerprint density at radius 2 is 2.14 bits per heavy atom. The van der Waals surface area contributed by atoms with Gasteiger partial charge in [-0.15, -0.1) is 0 Å². The molecule has 0 aliphatic heterocycles. The molecule has 5 nitrogen and oxygen atoms in total. The van der Waals surface area contributed by atoms with Gasteiger partial charge >= 0.3 is 0 Å². The van der Waals surface area contributed by atoms with Gasteiger partial charge in [0, 0.05) is 20.1 Å². The van der Waals surface area contributed by atoms with Gasteiger partial charge in [-0.2, -0.15) is 0 Å². The highest BCUT2D eigenvalue weighted by atomic mass is 16.5. The van der Waals surface area contributed by atoms with E-state index in [1.807, 2.05) is 6.92 Å². The Bertz CT molecular complexity index is 194. The lowest BCUT2D eigenvalue weighted by Crippen LogP contribution is -2.35. The number of ether oxygens (including phenoxy) is 1. The highest BCUT2D eigenvalue weighted by Crippen LogP contribution is 1.96. The van der Waals surface area contributed by atoms with Crippen LogP contribution in [0, 0.1) is 0 Å². The Morgan fingerprint density at radius 1 is 1.50 bits per heavy atom. The number of carbonyl (C=O) groups is 2. The summed E-state index contributed by atoms with van der Waals surface area (Å²) in [6, 6.07) is -0.599. The summed E-state index contributed by atoms with van der Waals surface area (Å²) in [7, 11) is 1.44. The van der Waals surface area contributed by atoms with Gasteiger partial charge in [-0.1, -0.05) is 0 Å². The van der Waals surface area contributed by atoms with Gasteiger partial charge in [0.15, 0.2) is 5.78 Å². The number of amides is 1. The fourth-order valence-electron chi connectivity index (χ4n) is 0.982. The molecule has 0 aromatic heterocycles. The molecule has 0 aromatic rings. The molecule has 0 unspecified atom stereocenters. The van der Waals surface area contributed by atoms with Crippen LogP contribution in [-0.2, 0) is 14.3 Å². The molecule has 0 radical (unpaired) electrons. The number of carbonyl (C=O) groups excluding carboxylic acids is 2. The number of rotatable bonds is 7. The first-order valence-corrected chi connectivity index (χ1v) is 4.65. The maximum absolute atomic E-state index is 11.1. The standard InChI is InChI=1S/C9H18N2O3/c1-3-11-9(13)5-4-7(10)8(12)6-14-2/h7H,3-6,10H2,1-2H3,(H,11,13)/t7-/m0/s1. The fourth-order valence-corrected chi connectivity index (χ4v) is 0.982. The van der Waals surface area contributed by atoms with Crippen molar-refractivity contribution in [2.45, 2.75) is 25.8 Å². The summed E-state index contributed by atoms with van der Waals surface area (Å²) in [5.74, 6) is -0.245. The van der Waals surface area contributed by atoms with Crippen LogP contribution in [-0.4, -0.2) is 38.0 Å². The van der Waals surface area contributed by atoms with Crippen LogP contribution >= 0.6 is 0 Å². The van der Waals surface area contributed by atoms with Gasteiger partial charge in [-0.05, 0) is 13.3 Å². The normalized spacial score (nSPS) is 12.2. The van der Waals surface area contributed by atoms with E-state index in [4.69, 9.17) is 5.73 Å². The Labute approximate surface area is 84.0 Å². The zero-order valence-electron chi connectivity index (χ0n) is 8.71. The molecular formula is C9H18N2O3. The second kappa shape index (κ2) is 7.46. The van der Waals surface area contributed by atoms with Gasteiger partial charge in [-0.25, -0.2) is 0 Å². The van der Waals surface area contributed by atoms with E-state index in [1.165, 1.54) is 7.11 Å². The third-order valence-electron chi connectivity index (χ3n) is 1.76. The first-order valence-electron chi connectivity index (χ1n) is 4.65. The summed E-state index contributed by atoms with van der Waals surface area (Å²) in [4.78, 5) is 22.2. The van der Waals surface area contributed by atoms with Crippen LogP contribution in [0.5, 0.6) is 0 Å². The van der Waals surface area contributed by atoms with Gasteiger partial charge in [-0.3, -0.25) is 9.59 Å². The SMILES string of the molecule is CCNC(=O)CC[C@H](N)C(=O)COC. The average molecular weight is 202 g/mol. The molecule has 1 atom stereocenters. The predicted molar refractivity (Wildman–Crippen MR) is 52.8 cm³/mol. The van der Waals surface area contributed by atoms with E-state index in [2.05, 4.69) is 10.1 Å². The zero-order valence-corrected chi connectivity index (χ0v) is 8.71. The molecule has 0 saturated heterocycles. The number of hydrogen-bond donors (Lipinski definition) is 2. The van der Waals surface area contributed by atoms with Crippen molar-refractivity contribution < 1.29 is 14.3 Å². The van der Waals surface area contributed by atoms with E-state index in [0.717, 1.165) is 0 Å². The highest BCUT2D eigenvalue weighted by Gasteiger charge is 2.14. The minimum absolute atomic E-state index is 0.0105. The monoisotopic (exact) mass is 202 g/mol. The van der Waals surface area contributed by atoms with E-state index >= 15 is 0 Å². The number of nitrogens with one attached hydrogen (secondary N) is 1. The number of hydrogen-bond acceptors (Lipinski definition) is 4. The van der Waals surface area contributed by atoms with E-state index in [0.29, 0.717) is 13.0 Å². The highest BCUT2D eigenvalue weighted by molar-refractivity contribution is 5.85. The van der Waals surface area contributed by atoms with Crippen molar-refractivity contribution in [1.29, 1.82) is 0 Å². The Hall–Kier alpha value is -0.940. The van der Waals surface area contributed by atoms with Crippen molar-refractivity contribution in [2.24, 2.45) is 5.73 Å². The molecule has 14 heavy (non-hydrogen) atoms. The molecule has 5 heteroatoms. The zero-order chi connectivity index (χ0) is 11.0. The molecule has 0 rings (SSSR count). The molecule has 82 valence electrons. The maximum atomic E-state index is 11.1. The molecule has 0 aliphatic rings. The second-order valence-electron chi connectivity index (χ2n) is 3.00. The molecular weight excluding hydrogens is 184 g/mol. The van der Waals surface area contributed by atoms with Gasteiger partial charge in [0.05, 0.1) is 6.04 Å². The van der Waals surface area contributed by atoms with Crippen LogP contribution in [0.4, 0.5) is 0 Å². The summed E-state index contributed by atoms with van der Waals surface area (Å²) >= 11 is 0. The van der Waals surface area contributed by atoms with Crippen LogP contribution < -0.4 is 11.1 Å². The Kier molecular flexibility index (Phi) is 6.96. The summed E-state index contributed by atoms with van der Waals surface area (Å²) < 4.78 is 4.65. The quantitative estimate of drug-likeness (QED) is 0.580. The van der Waals surface area contributed by atoms with Gasteiger partial charge < -0.3 is 15.8 Å². The van der Waals surface area contributed by atoms with Crippen LogP contribution in [0.1, 0.15) is 19.8 Å². The van der Waals surface area contributed by atoms with Crippen molar-refractivity contribution in [3.63, 3.8) is 0 Å². The summed E-state index contributed by atoms with van der Waals surface area (Å²) in [5.41, 5.74) is 5.54. The van der Waals surface area contributed by atoms with Crippen LogP contribution in [0.3, 0.4) is 0 Å². The van der Waals surface area contributed by atoms with Crippen molar-refractivity contribution in [2.75, 3.05) is 20.3 Å². The maximum Gasteiger partial charge on any atom is 0.220 e. The van der Waals surface area contributed by atoms with E-state index < -0.39 is 6.04 Å². The molecule has 1 amide bonds. The number of nitrogens with two attached hydrogens (primary N) is 1. The van der Waals surface area contributed by atoms with Gasteiger partial charge in [0.2, 0.25) is 5.91 Å². The third-order valence-corrected chi connectivity index (χ3v) is 1.76. The summed E-state index contributed by atoms with van der Waals surface area (Å²) in [5, 5.41) is 2.63. The van der Waals surface area contributed by atoms with Crippen LogP contribution in [0.2, 0.25) is 0 Å². The molecule has 0 fully saturated rings. The lowest BCUT2D eigenvalue weighted by Gasteiger charge is -2.09. The first-order chi connectivity index (χ1) is 6.61. The van der Waals surface area contributed by atoms with Crippen molar-refractivity contribution in [3.8, 4) is 0 Å². The van der Waals surface area contributed by atoms with Crippen LogP contribution in [0.15, 0.2) is 0 Å². The van der Waals surface area contributed by atoms with E-state index in [9.17, 15) is 9.59 Å². The third kappa shape index (κ3) is 5.66. The Morgan fingerprint density at radius 3 is 2.64 bits per heavy atom. The second-order valence-corrected chi connectivity index (χ2v) is 3.00. The molecule has 0 spiro atoms. The number of methoxy groups -OCH3 is 1. The lowest BCUT2D eigenvalue weighted by atomic mass is 10.1. The topological polar surface area (TPSA) is 81.4 Å². The Balaban J connectivity index is 3.67. The first kappa shape index (κ1) is 13.1. The smallest absolute Gasteiger partial charge is 0.220 e. The number of ketones is 1. The van der Waals surface area contributed by atoms with Crippen molar-refractivity contribution in [1.82, 2.24) is 5.32 Å². The molecule has 0 aromatic carbocycles. The van der Waals surface area contributed by atoms with Gasteiger partial charge in [0.25, 0.3) is 0 Å². The predicted octanol–water partition coefficient (Wildman–Crippen LogP) is -0.554. The molecule has 0 saturated carbocycles. The summed E-state index contributed by atoms with van der Waals surface area (Å²) in [6.45, 7) is 2.45. The number of Topliss-reactive ketones (excluding diaryl/α,β-unsaturated/α-hetero) is 1. The molecule has 3 N–H and O–H groups in total. The molecule has 0 bridgehead atoms. The van der Waals surface area contributed by atoms with Crippen LogP contribution in [0.25, 0.3) is 0 Å². The minimum atomic E-state index is -0.599. The average Bonchev–Trinajstić information content (AvgIpc) is 2.15. The minimum Gasteiger partial charge on any atom is -0.377 e. The van der Waals surface area contributed by atoms with E-state index in [-0.39, 0.29) is 24.7 Å². The lowest BCUT2D eigenvalue weighted by molar-refractivity contribution is -0.124. The van der Waals surface area contributed by atoms with Gasteiger partial charge in [0.1, 0.15) is 6.61 Å². The van der Waals surface area contributed by atoms with Crippen molar-refractivity contribution >= 4 is 11.7 Å². The molecule has 0 heterocycles. The van der Waals surface area contributed by atoms with E-state index in [1.54, 1.807) is 0 Å². The van der Waals surface area contributed by atoms with Crippen molar-refractivity contribution in [3.05, 3.63) is 0 Å². The largest absolute Gasteiger partial charge is 0.377 e. The molecule has 0 aliphatic carbocycles.